The Bertz CT molecular complexity index is 1380. The Morgan fingerprint density at radius 3 is 2.55 bits per heavy atom. The molecule has 2 N–H and O–H groups in total. The highest BCUT2D eigenvalue weighted by Crippen LogP contribution is 2.41. The van der Waals surface area contributed by atoms with Gasteiger partial charge in [-0.25, -0.2) is 0 Å². The number of benzene rings is 3. The number of hydrogen-bond donors (Lipinski definition) is 2. The number of aryl methyl sites for hydroxylation is 1. The molecule has 2 heterocycles. The van der Waals surface area contributed by atoms with Crippen LogP contribution in [0.1, 0.15) is 33.7 Å². The average Bonchev–Trinajstić information content (AvgIpc) is 3.50. The van der Waals surface area contributed by atoms with Crippen LogP contribution in [0, 0.1) is 0 Å². The van der Waals surface area contributed by atoms with Gasteiger partial charge in [0.2, 0.25) is 5.13 Å². The number of fused-ring (bicyclic) bond motifs is 1. The van der Waals surface area contributed by atoms with Crippen molar-refractivity contribution in [2.75, 3.05) is 5.32 Å². The quantitative estimate of drug-likeness (QED) is 0.188. The summed E-state index contributed by atoms with van der Waals surface area (Å²) in [6.07, 6.45) is 2.81. The fourth-order valence-corrected chi connectivity index (χ4v) is 5.71. The van der Waals surface area contributed by atoms with Crippen LogP contribution in [-0.2, 0) is 6.42 Å². The Morgan fingerprint density at radius 2 is 1.76 bits per heavy atom. The molecule has 0 saturated carbocycles. The molecule has 0 aliphatic carbocycles. The lowest BCUT2D eigenvalue weighted by Gasteiger charge is -2.14. The molecule has 5 rings (SSSR count). The van der Waals surface area contributed by atoms with Crippen molar-refractivity contribution in [3.05, 3.63) is 102 Å². The minimum atomic E-state index is -0.421. The van der Waals surface area contributed by atoms with Crippen LogP contribution in [0.3, 0.4) is 0 Å². The van der Waals surface area contributed by atoms with E-state index in [4.69, 9.17) is 0 Å². The summed E-state index contributed by atoms with van der Waals surface area (Å²) in [6.45, 7) is 2.14. The first-order chi connectivity index (χ1) is 16.2. The largest absolute Gasteiger partial charge is 0.360 e. The third-order valence-electron chi connectivity index (χ3n) is 5.43. The van der Waals surface area contributed by atoms with Crippen LogP contribution >= 0.6 is 23.1 Å². The normalized spacial score (nSPS) is 12.0. The van der Waals surface area contributed by atoms with E-state index in [-0.39, 0.29) is 5.78 Å². The predicted octanol–water partition coefficient (Wildman–Crippen LogP) is 7.04. The van der Waals surface area contributed by atoms with Gasteiger partial charge in [0, 0.05) is 28.4 Å². The van der Waals surface area contributed by atoms with Gasteiger partial charge in [-0.15, -0.1) is 10.2 Å². The van der Waals surface area contributed by atoms with Crippen LogP contribution < -0.4 is 5.32 Å². The zero-order valence-corrected chi connectivity index (χ0v) is 19.6. The second-order valence-electron chi connectivity index (χ2n) is 7.57. The highest BCUT2D eigenvalue weighted by atomic mass is 32.2. The number of carbonyl (C=O) groups excluding carboxylic acids is 1. The van der Waals surface area contributed by atoms with Crippen molar-refractivity contribution in [1.82, 2.24) is 15.2 Å². The summed E-state index contributed by atoms with van der Waals surface area (Å²) >= 11 is 2.88. The number of carbonyl (C=O) groups is 1. The van der Waals surface area contributed by atoms with Gasteiger partial charge < -0.3 is 10.3 Å². The topological polar surface area (TPSA) is 70.7 Å². The number of hydrogen-bond acceptors (Lipinski definition) is 6. The molecule has 3 aromatic carbocycles. The first-order valence-electron chi connectivity index (χ1n) is 10.7. The molecule has 0 aliphatic heterocycles. The molecule has 0 radical (unpaired) electrons. The SMILES string of the molecule is CCc1ccc(Nc2nnc(SC(C(=O)c3c[nH]c4ccccc34)c3ccccc3)s2)cc1. The van der Waals surface area contributed by atoms with Gasteiger partial charge in [0.1, 0.15) is 5.25 Å². The standard InChI is InChI=1S/C26H22N4OS2/c1-2-17-12-14-19(15-13-17)28-25-29-30-26(33-25)32-24(18-8-4-3-5-9-18)23(31)21-16-27-22-11-7-6-10-20(21)22/h3-16,24,27H,2H2,1H3,(H,28,29). The molecule has 33 heavy (non-hydrogen) atoms. The van der Waals surface area contributed by atoms with Gasteiger partial charge in [-0.2, -0.15) is 0 Å². The Balaban J connectivity index is 1.41. The minimum Gasteiger partial charge on any atom is -0.360 e. The highest BCUT2D eigenvalue weighted by Gasteiger charge is 2.27. The third-order valence-corrected chi connectivity index (χ3v) is 7.61. The second kappa shape index (κ2) is 9.60. The molecule has 7 heteroatoms. The van der Waals surface area contributed by atoms with Crippen molar-refractivity contribution in [1.29, 1.82) is 0 Å². The summed E-state index contributed by atoms with van der Waals surface area (Å²) in [5.41, 5.74) is 4.84. The molecule has 5 nitrogen and oxygen atoms in total. The Hall–Kier alpha value is -3.42. The molecule has 2 aromatic heterocycles. The van der Waals surface area contributed by atoms with Crippen LogP contribution in [0.2, 0.25) is 0 Å². The number of aromatic amines is 1. The number of rotatable bonds is 8. The molecule has 0 saturated heterocycles. The van der Waals surface area contributed by atoms with Gasteiger partial charge in [-0.05, 0) is 35.7 Å². The molecule has 0 amide bonds. The summed E-state index contributed by atoms with van der Waals surface area (Å²) in [7, 11) is 0. The van der Waals surface area contributed by atoms with Crippen LogP contribution in [0.25, 0.3) is 10.9 Å². The molecule has 0 spiro atoms. The summed E-state index contributed by atoms with van der Waals surface area (Å²) in [6, 6.07) is 26.0. The van der Waals surface area contributed by atoms with Crippen molar-refractivity contribution in [2.24, 2.45) is 0 Å². The number of para-hydroxylation sites is 1. The molecular formula is C26H22N4OS2. The maximum Gasteiger partial charge on any atom is 0.210 e. The van der Waals surface area contributed by atoms with Crippen LogP contribution in [0.5, 0.6) is 0 Å². The smallest absolute Gasteiger partial charge is 0.210 e. The molecule has 1 unspecified atom stereocenters. The van der Waals surface area contributed by atoms with Crippen molar-refractivity contribution in [3.63, 3.8) is 0 Å². The maximum absolute atomic E-state index is 13.7. The number of Topliss-reactive ketones (excluding diaryl/α,β-unsaturated/α-hetero) is 1. The van der Waals surface area contributed by atoms with E-state index in [2.05, 4.69) is 39.6 Å². The van der Waals surface area contributed by atoms with Gasteiger partial charge in [0.05, 0.1) is 0 Å². The molecule has 0 bridgehead atoms. The lowest BCUT2D eigenvalue weighted by Crippen LogP contribution is -2.09. The molecule has 1 atom stereocenters. The van der Waals surface area contributed by atoms with Gasteiger partial charge >= 0.3 is 0 Å². The van der Waals surface area contributed by atoms with Gasteiger partial charge in [-0.1, -0.05) is 90.7 Å². The average molecular weight is 471 g/mol. The van der Waals surface area contributed by atoms with E-state index in [1.165, 1.54) is 28.7 Å². The number of anilines is 2. The first kappa shape index (κ1) is 21.4. The van der Waals surface area contributed by atoms with Crippen LogP contribution in [0.4, 0.5) is 10.8 Å². The fraction of sp³-hybridized carbons (Fsp3) is 0.115. The Labute approximate surface area is 200 Å². The zero-order valence-electron chi connectivity index (χ0n) is 18.0. The number of thioether (sulfide) groups is 1. The van der Waals surface area contributed by atoms with E-state index in [0.717, 1.165) is 32.9 Å². The third kappa shape index (κ3) is 4.69. The number of nitrogens with zero attached hydrogens (tertiary/aromatic N) is 2. The first-order valence-corrected chi connectivity index (χ1v) is 12.4. The summed E-state index contributed by atoms with van der Waals surface area (Å²) in [4.78, 5) is 16.9. The van der Waals surface area contributed by atoms with Gasteiger partial charge in [0.15, 0.2) is 10.1 Å². The van der Waals surface area contributed by atoms with Crippen molar-refractivity contribution in [2.45, 2.75) is 22.9 Å². The Morgan fingerprint density at radius 1 is 1.00 bits per heavy atom. The second-order valence-corrected chi connectivity index (χ2v) is 9.90. The lowest BCUT2D eigenvalue weighted by atomic mass is 10.0. The number of H-pyrrole nitrogens is 1. The molecule has 5 aromatic rings. The molecule has 164 valence electrons. The van der Waals surface area contributed by atoms with Crippen molar-refractivity contribution >= 4 is 50.6 Å². The maximum atomic E-state index is 13.7. The summed E-state index contributed by atoms with van der Waals surface area (Å²) < 4.78 is 0.740. The van der Waals surface area contributed by atoms with Gasteiger partial charge in [-0.3, -0.25) is 4.79 Å². The van der Waals surface area contributed by atoms with Gasteiger partial charge in [0.25, 0.3) is 0 Å². The molecular weight excluding hydrogens is 448 g/mol. The highest BCUT2D eigenvalue weighted by molar-refractivity contribution is 8.02. The lowest BCUT2D eigenvalue weighted by molar-refractivity contribution is 0.0991. The minimum absolute atomic E-state index is 0.0449. The van der Waals surface area contributed by atoms with E-state index in [1.807, 2.05) is 66.7 Å². The van der Waals surface area contributed by atoms with E-state index in [0.29, 0.717) is 10.7 Å². The molecule has 0 aliphatic rings. The Kier molecular flexibility index (Phi) is 6.24. The molecule has 0 fully saturated rings. The zero-order chi connectivity index (χ0) is 22.6. The van der Waals surface area contributed by atoms with Crippen molar-refractivity contribution < 1.29 is 4.79 Å². The van der Waals surface area contributed by atoms with Crippen molar-refractivity contribution in [3.8, 4) is 0 Å². The monoisotopic (exact) mass is 470 g/mol. The number of ketones is 1. The van der Waals surface area contributed by atoms with Crippen LogP contribution in [-0.4, -0.2) is 21.0 Å². The number of nitrogens with one attached hydrogen (secondary N) is 2. The fourth-order valence-electron chi connectivity index (χ4n) is 3.67. The van der Waals surface area contributed by atoms with E-state index >= 15 is 0 Å². The summed E-state index contributed by atoms with van der Waals surface area (Å²) in [5, 5.41) is 13.2. The van der Waals surface area contributed by atoms with Crippen LogP contribution in [0.15, 0.2) is 89.4 Å². The predicted molar refractivity (Wildman–Crippen MR) is 137 cm³/mol. The summed E-state index contributed by atoms with van der Waals surface area (Å²) in [5.74, 6) is 0.0449. The van der Waals surface area contributed by atoms with E-state index in [9.17, 15) is 4.79 Å². The van der Waals surface area contributed by atoms with E-state index in [1.54, 1.807) is 6.20 Å². The van der Waals surface area contributed by atoms with E-state index < -0.39 is 5.25 Å². The number of aromatic nitrogens is 3.